The van der Waals surface area contributed by atoms with E-state index in [9.17, 15) is 9.59 Å². The number of likely N-dealkylation sites (tertiary alicyclic amines) is 1. The van der Waals surface area contributed by atoms with Crippen LogP contribution in [0.4, 0.5) is 10.5 Å². The number of carbonyl (C=O) groups excluding carboxylic acids is 1. The molecule has 2 N–H and O–H groups in total. The van der Waals surface area contributed by atoms with Crippen molar-refractivity contribution in [3.63, 3.8) is 0 Å². The lowest BCUT2D eigenvalue weighted by molar-refractivity contribution is 0.0697. The number of halogens is 1. The standard InChI is InChI=1S/C14H17ClN2O3/c1-2-10-4-3-7-17(10)14(20)16-9-5-6-12(15)11(8-9)13(18)19/h5-6,8,10H,2-4,7H2,1H3,(H,16,20)(H,18,19). The lowest BCUT2D eigenvalue weighted by atomic mass is 10.2. The molecule has 0 radical (unpaired) electrons. The van der Waals surface area contributed by atoms with E-state index in [1.54, 1.807) is 11.0 Å². The average Bonchev–Trinajstić information content (AvgIpc) is 2.89. The van der Waals surface area contributed by atoms with E-state index in [0.717, 1.165) is 25.8 Å². The third-order valence-electron chi connectivity index (χ3n) is 3.56. The summed E-state index contributed by atoms with van der Waals surface area (Å²) in [6.07, 6.45) is 2.95. The van der Waals surface area contributed by atoms with Crippen molar-refractivity contribution in [2.45, 2.75) is 32.2 Å². The van der Waals surface area contributed by atoms with Crippen LogP contribution in [0.25, 0.3) is 0 Å². The first-order valence-corrected chi connectivity index (χ1v) is 7.01. The van der Waals surface area contributed by atoms with Gasteiger partial charge >= 0.3 is 12.0 Å². The van der Waals surface area contributed by atoms with Crippen molar-refractivity contribution in [2.75, 3.05) is 11.9 Å². The molecular formula is C14H17ClN2O3. The molecule has 6 heteroatoms. The van der Waals surface area contributed by atoms with E-state index in [2.05, 4.69) is 12.2 Å². The van der Waals surface area contributed by atoms with E-state index >= 15 is 0 Å². The molecule has 0 bridgehead atoms. The molecule has 0 aliphatic carbocycles. The van der Waals surface area contributed by atoms with Crippen LogP contribution < -0.4 is 5.32 Å². The smallest absolute Gasteiger partial charge is 0.337 e. The minimum Gasteiger partial charge on any atom is -0.478 e. The Bertz CT molecular complexity index is 533. The van der Waals surface area contributed by atoms with E-state index in [4.69, 9.17) is 16.7 Å². The molecule has 108 valence electrons. The second kappa shape index (κ2) is 6.13. The van der Waals surface area contributed by atoms with Gasteiger partial charge in [0.05, 0.1) is 10.6 Å². The Balaban J connectivity index is 2.12. The Labute approximate surface area is 122 Å². The highest BCUT2D eigenvalue weighted by Gasteiger charge is 2.27. The van der Waals surface area contributed by atoms with Gasteiger partial charge in [0, 0.05) is 18.3 Å². The topological polar surface area (TPSA) is 69.6 Å². The summed E-state index contributed by atoms with van der Waals surface area (Å²) in [5, 5.41) is 11.9. The molecule has 1 fully saturated rings. The fraction of sp³-hybridized carbons (Fsp3) is 0.429. The third-order valence-corrected chi connectivity index (χ3v) is 3.89. The zero-order valence-corrected chi connectivity index (χ0v) is 12.0. The lowest BCUT2D eigenvalue weighted by Gasteiger charge is -2.24. The summed E-state index contributed by atoms with van der Waals surface area (Å²) in [6.45, 7) is 2.80. The van der Waals surface area contributed by atoms with E-state index in [1.807, 2.05) is 0 Å². The molecule has 1 unspecified atom stereocenters. The van der Waals surface area contributed by atoms with Crippen molar-refractivity contribution in [3.05, 3.63) is 28.8 Å². The summed E-state index contributed by atoms with van der Waals surface area (Å²) in [7, 11) is 0. The summed E-state index contributed by atoms with van der Waals surface area (Å²) in [5.74, 6) is -1.11. The van der Waals surface area contributed by atoms with Gasteiger partial charge in [-0.1, -0.05) is 18.5 Å². The molecular weight excluding hydrogens is 280 g/mol. The Morgan fingerprint density at radius 1 is 1.50 bits per heavy atom. The van der Waals surface area contributed by atoms with Crippen LogP contribution in [0.1, 0.15) is 36.5 Å². The van der Waals surface area contributed by atoms with Gasteiger partial charge in [0.15, 0.2) is 0 Å². The number of benzene rings is 1. The van der Waals surface area contributed by atoms with Gasteiger partial charge in [-0.3, -0.25) is 0 Å². The number of nitrogens with zero attached hydrogens (tertiary/aromatic N) is 1. The second-order valence-electron chi connectivity index (χ2n) is 4.83. The maximum Gasteiger partial charge on any atom is 0.337 e. The number of urea groups is 1. The van der Waals surface area contributed by atoms with Gasteiger partial charge in [-0.2, -0.15) is 0 Å². The molecule has 1 aromatic rings. The molecule has 5 nitrogen and oxygen atoms in total. The van der Waals surface area contributed by atoms with Crippen LogP contribution in [0, 0.1) is 0 Å². The average molecular weight is 297 g/mol. The first-order chi connectivity index (χ1) is 9.52. The zero-order chi connectivity index (χ0) is 14.7. The van der Waals surface area contributed by atoms with E-state index in [1.165, 1.54) is 12.1 Å². The van der Waals surface area contributed by atoms with E-state index in [0.29, 0.717) is 5.69 Å². The molecule has 20 heavy (non-hydrogen) atoms. The normalized spacial score (nSPS) is 18.1. The summed E-state index contributed by atoms with van der Waals surface area (Å²) in [4.78, 5) is 25.0. The number of rotatable bonds is 3. The minimum absolute atomic E-state index is 0.0158. The summed E-state index contributed by atoms with van der Waals surface area (Å²) in [6, 6.07) is 4.53. The van der Waals surface area contributed by atoms with Gasteiger partial charge in [-0.15, -0.1) is 0 Å². The predicted octanol–water partition coefficient (Wildman–Crippen LogP) is 3.44. The Morgan fingerprint density at radius 2 is 2.25 bits per heavy atom. The molecule has 1 aliphatic rings. The fourth-order valence-electron chi connectivity index (χ4n) is 2.49. The highest BCUT2D eigenvalue weighted by atomic mass is 35.5. The third kappa shape index (κ3) is 3.04. The molecule has 1 heterocycles. The van der Waals surface area contributed by atoms with Gasteiger partial charge in [-0.25, -0.2) is 9.59 Å². The lowest BCUT2D eigenvalue weighted by Crippen LogP contribution is -2.38. The van der Waals surface area contributed by atoms with Gasteiger partial charge in [0.25, 0.3) is 0 Å². The number of carbonyl (C=O) groups is 2. The number of aromatic carboxylic acids is 1. The molecule has 2 rings (SSSR count). The summed E-state index contributed by atoms with van der Waals surface area (Å²) < 4.78 is 0. The molecule has 1 aliphatic heterocycles. The van der Waals surface area contributed by atoms with Crippen molar-refractivity contribution in [2.24, 2.45) is 0 Å². The zero-order valence-electron chi connectivity index (χ0n) is 11.2. The number of carboxylic acids is 1. The molecule has 1 atom stereocenters. The second-order valence-corrected chi connectivity index (χ2v) is 5.23. The van der Waals surface area contributed by atoms with Gasteiger partial charge in [-0.05, 0) is 37.5 Å². The number of hydrogen-bond acceptors (Lipinski definition) is 2. The minimum atomic E-state index is -1.11. The number of carboxylic acid groups (broad SMARTS) is 1. The predicted molar refractivity (Wildman–Crippen MR) is 77.4 cm³/mol. The van der Waals surface area contributed by atoms with E-state index < -0.39 is 5.97 Å². The van der Waals surface area contributed by atoms with Crippen molar-refractivity contribution in [1.82, 2.24) is 4.90 Å². The number of amides is 2. The quantitative estimate of drug-likeness (QED) is 0.897. The van der Waals surface area contributed by atoms with Crippen molar-refractivity contribution < 1.29 is 14.7 Å². The van der Waals surface area contributed by atoms with Crippen molar-refractivity contribution in [1.29, 1.82) is 0 Å². The van der Waals surface area contributed by atoms with Gasteiger partial charge < -0.3 is 15.3 Å². The molecule has 1 aromatic carbocycles. The maximum absolute atomic E-state index is 12.2. The van der Waals surface area contributed by atoms with Gasteiger partial charge in [0.1, 0.15) is 0 Å². The number of hydrogen-bond donors (Lipinski definition) is 2. The Morgan fingerprint density at radius 3 is 2.90 bits per heavy atom. The number of nitrogens with one attached hydrogen (secondary N) is 1. The van der Waals surface area contributed by atoms with Crippen molar-refractivity contribution >= 4 is 29.3 Å². The molecule has 0 aromatic heterocycles. The van der Waals surface area contributed by atoms with Crippen LogP contribution in [0.5, 0.6) is 0 Å². The van der Waals surface area contributed by atoms with Crippen molar-refractivity contribution in [3.8, 4) is 0 Å². The maximum atomic E-state index is 12.2. The Hall–Kier alpha value is -1.75. The van der Waals surface area contributed by atoms with E-state index in [-0.39, 0.29) is 22.7 Å². The largest absolute Gasteiger partial charge is 0.478 e. The number of anilines is 1. The summed E-state index contributed by atoms with van der Waals surface area (Å²) >= 11 is 5.80. The summed E-state index contributed by atoms with van der Waals surface area (Å²) in [5.41, 5.74) is 0.427. The fourth-order valence-corrected chi connectivity index (χ4v) is 2.69. The first kappa shape index (κ1) is 14.7. The highest BCUT2D eigenvalue weighted by molar-refractivity contribution is 6.33. The molecule has 1 saturated heterocycles. The SMILES string of the molecule is CCC1CCCN1C(=O)Nc1ccc(Cl)c(C(=O)O)c1. The van der Waals surface area contributed by atoms with Crippen LogP contribution in [0.3, 0.4) is 0 Å². The highest BCUT2D eigenvalue weighted by Crippen LogP contribution is 2.23. The van der Waals surface area contributed by atoms with Gasteiger partial charge in [0.2, 0.25) is 0 Å². The van der Waals surface area contributed by atoms with Crippen LogP contribution in [0.15, 0.2) is 18.2 Å². The van der Waals surface area contributed by atoms with Crippen LogP contribution >= 0.6 is 11.6 Å². The van der Waals surface area contributed by atoms with Crippen LogP contribution in [0.2, 0.25) is 5.02 Å². The van der Waals surface area contributed by atoms with Crippen LogP contribution in [-0.4, -0.2) is 34.6 Å². The molecule has 0 spiro atoms. The van der Waals surface area contributed by atoms with Crippen LogP contribution in [-0.2, 0) is 0 Å². The first-order valence-electron chi connectivity index (χ1n) is 6.63. The Kier molecular flexibility index (Phi) is 4.49. The molecule has 0 saturated carbocycles. The monoisotopic (exact) mass is 296 g/mol. The molecule has 2 amide bonds.